The summed E-state index contributed by atoms with van der Waals surface area (Å²) in [5.41, 5.74) is 0. The largest absolute Gasteiger partial charge is 0.257 e. The first-order valence-electron chi connectivity index (χ1n) is 5.72. The standard InChI is InChI=1S/C12H7N5S3/c1-2-8(18-4-1)9-15-12(17-16-9)20-11-7-3-5-19-10(7)13-6-14-11/h1-6H,(H,15,16,17). The van der Waals surface area contributed by atoms with Crippen LogP contribution in [0.2, 0.25) is 0 Å². The summed E-state index contributed by atoms with van der Waals surface area (Å²) in [4.78, 5) is 15.1. The van der Waals surface area contributed by atoms with Gasteiger partial charge in [0.1, 0.15) is 16.2 Å². The van der Waals surface area contributed by atoms with Crippen molar-refractivity contribution < 1.29 is 0 Å². The molecule has 0 fully saturated rings. The zero-order valence-electron chi connectivity index (χ0n) is 9.98. The van der Waals surface area contributed by atoms with E-state index in [1.54, 1.807) is 29.0 Å². The van der Waals surface area contributed by atoms with Crippen LogP contribution < -0.4 is 0 Å². The lowest BCUT2D eigenvalue weighted by molar-refractivity contribution is 0.968. The summed E-state index contributed by atoms with van der Waals surface area (Å²) >= 11 is 4.68. The lowest BCUT2D eigenvalue weighted by Crippen LogP contribution is -1.84. The van der Waals surface area contributed by atoms with Crippen molar-refractivity contribution in [2.45, 2.75) is 10.2 Å². The van der Waals surface area contributed by atoms with Crippen LogP contribution in [0.25, 0.3) is 20.9 Å². The van der Waals surface area contributed by atoms with Crippen molar-refractivity contribution >= 4 is 44.7 Å². The quantitative estimate of drug-likeness (QED) is 0.584. The van der Waals surface area contributed by atoms with Crippen LogP contribution in [0.1, 0.15) is 0 Å². The highest BCUT2D eigenvalue weighted by molar-refractivity contribution is 7.99. The van der Waals surface area contributed by atoms with E-state index in [0.29, 0.717) is 5.16 Å². The van der Waals surface area contributed by atoms with Gasteiger partial charge in [0, 0.05) is 5.39 Å². The van der Waals surface area contributed by atoms with Gasteiger partial charge in [0.05, 0.1) is 4.88 Å². The van der Waals surface area contributed by atoms with Crippen LogP contribution in [0.15, 0.2) is 45.5 Å². The normalized spacial score (nSPS) is 11.2. The lowest BCUT2D eigenvalue weighted by atomic mass is 10.4. The van der Waals surface area contributed by atoms with Gasteiger partial charge in [-0.2, -0.15) is 0 Å². The Labute approximate surface area is 126 Å². The fourth-order valence-electron chi connectivity index (χ4n) is 1.75. The van der Waals surface area contributed by atoms with Crippen LogP contribution in [-0.4, -0.2) is 25.1 Å². The van der Waals surface area contributed by atoms with Gasteiger partial charge in [0.2, 0.25) is 5.16 Å². The molecule has 0 radical (unpaired) electrons. The Balaban J connectivity index is 1.68. The molecule has 4 heterocycles. The molecular weight excluding hydrogens is 310 g/mol. The molecule has 0 amide bonds. The van der Waals surface area contributed by atoms with E-state index in [1.807, 2.05) is 29.0 Å². The Morgan fingerprint density at radius 2 is 2.10 bits per heavy atom. The molecule has 20 heavy (non-hydrogen) atoms. The third-order valence-corrected chi connectivity index (χ3v) is 5.21. The van der Waals surface area contributed by atoms with Crippen LogP contribution >= 0.6 is 34.4 Å². The Morgan fingerprint density at radius 1 is 1.10 bits per heavy atom. The zero-order valence-corrected chi connectivity index (χ0v) is 12.4. The zero-order chi connectivity index (χ0) is 13.4. The number of aromatic nitrogens is 5. The van der Waals surface area contributed by atoms with E-state index >= 15 is 0 Å². The fourth-order valence-corrected chi connectivity index (χ4v) is 3.99. The number of hydrogen-bond acceptors (Lipinski definition) is 7. The second kappa shape index (κ2) is 4.97. The van der Waals surface area contributed by atoms with Gasteiger partial charge in [-0.3, -0.25) is 5.10 Å². The molecule has 0 saturated heterocycles. The number of hydrogen-bond donors (Lipinski definition) is 1. The van der Waals surface area contributed by atoms with E-state index < -0.39 is 0 Å². The molecule has 0 aliphatic carbocycles. The maximum Gasteiger partial charge on any atom is 0.215 e. The third kappa shape index (κ3) is 2.11. The molecule has 0 aliphatic rings. The monoisotopic (exact) mass is 317 g/mol. The third-order valence-electron chi connectivity index (χ3n) is 2.63. The van der Waals surface area contributed by atoms with Crippen LogP contribution in [0.3, 0.4) is 0 Å². The number of nitrogens with one attached hydrogen (secondary N) is 1. The van der Waals surface area contributed by atoms with Crippen molar-refractivity contribution in [2.24, 2.45) is 0 Å². The smallest absolute Gasteiger partial charge is 0.215 e. The summed E-state index contributed by atoms with van der Waals surface area (Å²) in [6.07, 6.45) is 1.58. The van der Waals surface area contributed by atoms with Crippen molar-refractivity contribution in [1.82, 2.24) is 25.1 Å². The minimum absolute atomic E-state index is 0.666. The van der Waals surface area contributed by atoms with Gasteiger partial charge in [0.25, 0.3) is 0 Å². The van der Waals surface area contributed by atoms with Crippen molar-refractivity contribution in [2.75, 3.05) is 0 Å². The summed E-state index contributed by atoms with van der Waals surface area (Å²) in [5.74, 6) is 0.790. The van der Waals surface area contributed by atoms with E-state index in [1.165, 1.54) is 11.8 Å². The molecule has 0 aliphatic heterocycles. The molecule has 5 nitrogen and oxygen atoms in total. The van der Waals surface area contributed by atoms with Gasteiger partial charge < -0.3 is 0 Å². The maximum absolute atomic E-state index is 4.49. The van der Waals surface area contributed by atoms with Crippen LogP contribution in [0.5, 0.6) is 0 Å². The van der Waals surface area contributed by atoms with E-state index in [4.69, 9.17) is 0 Å². The molecule has 0 aromatic carbocycles. The molecular formula is C12H7N5S3. The van der Waals surface area contributed by atoms with Crippen LogP contribution in [0.4, 0.5) is 0 Å². The summed E-state index contributed by atoms with van der Waals surface area (Å²) in [5, 5.41) is 13.8. The number of nitrogens with zero attached hydrogens (tertiary/aromatic N) is 4. The van der Waals surface area contributed by atoms with Gasteiger partial charge >= 0.3 is 0 Å². The molecule has 4 aromatic heterocycles. The van der Waals surface area contributed by atoms with Crippen LogP contribution in [-0.2, 0) is 0 Å². The molecule has 0 spiro atoms. The Morgan fingerprint density at radius 3 is 3.00 bits per heavy atom. The molecule has 98 valence electrons. The summed E-state index contributed by atoms with van der Waals surface area (Å²) in [6, 6.07) is 6.03. The Bertz CT molecular complexity index is 849. The summed E-state index contributed by atoms with van der Waals surface area (Å²) in [7, 11) is 0. The van der Waals surface area contributed by atoms with Gasteiger partial charge in [-0.25, -0.2) is 15.0 Å². The number of thiophene rings is 2. The highest BCUT2D eigenvalue weighted by atomic mass is 32.2. The first-order valence-corrected chi connectivity index (χ1v) is 8.30. The highest BCUT2D eigenvalue weighted by Crippen LogP contribution is 2.32. The number of aromatic amines is 1. The molecule has 0 bridgehead atoms. The molecule has 0 atom stereocenters. The Kier molecular flexibility index (Phi) is 2.98. The van der Waals surface area contributed by atoms with Crippen molar-refractivity contribution in [1.29, 1.82) is 0 Å². The van der Waals surface area contributed by atoms with E-state index in [2.05, 4.69) is 25.1 Å². The molecule has 0 saturated carbocycles. The van der Waals surface area contributed by atoms with Gasteiger partial charge in [-0.05, 0) is 34.7 Å². The molecule has 8 heteroatoms. The van der Waals surface area contributed by atoms with Crippen molar-refractivity contribution in [3.63, 3.8) is 0 Å². The predicted molar refractivity (Wildman–Crippen MR) is 81.2 cm³/mol. The first-order chi connectivity index (χ1) is 9.90. The molecule has 4 rings (SSSR count). The minimum Gasteiger partial charge on any atom is -0.257 e. The average Bonchev–Trinajstić information content (AvgIpc) is 3.20. The van der Waals surface area contributed by atoms with Gasteiger partial charge in [-0.1, -0.05) is 6.07 Å². The molecule has 0 unspecified atom stereocenters. The highest BCUT2D eigenvalue weighted by Gasteiger charge is 2.11. The van der Waals surface area contributed by atoms with Crippen molar-refractivity contribution in [3.05, 3.63) is 35.3 Å². The van der Waals surface area contributed by atoms with Crippen molar-refractivity contribution in [3.8, 4) is 10.7 Å². The van der Waals surface area contributed by atoms with Gasteiger partial charge in [-0.15, -0.1) is 27.8 Å². The minimum atomic E-state index is 0.666. The number of fused-ring (bicyclic) bond motifs is 1. The second-order valence-electron chi connectivity index (χ2n) is 3.86. The maximum atomic E-state index is 4.49. The first kappa shape index (κ1) is 12.0. The van der Waals surface area contributed by atoms with Crippen LogP contribution in [0, 0.1) is 0 Å². The molecule has 4 aromatic rings. The fraction of sp³-hybridized carbons (Fsp3) is 0. The summed E-state index contributed by atoms with van der Waals surface area (Å²) in [6.45, 7) is 0. The van der Waals surface area contributed by atoms with Gasteiger partial charge in [0.15, 0.2) is 5.82 Å². The SMILES string of the molecule is c1csc(-c2nc(Sc3ncnc4sccc34)n[nH]2)c1. The summed E-state index contributed by atoms with van der Waals surface area (Å²) < 4.78 is 0. The predicted octanol–water partition coefficient (Wildman–Crippen LogP) is 3.69. The average molecular weight is 317 g/mol. The number of H-pyrrole nitrogens is 1. The van der Waals surface area contributed by atoms with E-state index in [-0.39, 0.29) is 0 Å². The molecule has 1 N–H and O–H groups in total. The number of rotatable bonds is 3. The van der Waals surface area contributed by atoms with E-state index in [0.717, 1.165) is 25.9 Å². The Hall–Kier alpha value is -1.77. The second-order valence-corrected chi connectivity index (χ2v) is 6.66. The topological polar surface area (TPSA) is 67.3 Å². The lowest BCUT2D eigenvalue weighted by Gasteiger charge is -1.96. The van der Waals surface area contributed by atoms with E-state index in [9.17, 15) is 0 Å².